The summed E-state index contributed by atoms with van der Waals surface area (Å²) in [5.41, 5.74) is -0.438. The van der Waals surface area contributed by atoms with E-state index in [-0.39, 0.29) is 11.1 Å². The maximum atomic E-state index is 12.0. The van der Waals surface area contributed by atoms with Crippen molar-refractivity contribution < 1.29 is 29.4 Å². The number of benzene rings is 1. The molecular formula is C21H29NO6. The van der Waals surface area contributed by atoms with Gasteiger partial charge >= 0.3 is 17.9 Å². The first-order valence-corrected chi connectivity index (χ1v) is 9.79. The number of hydroxylamine groups is 2. The molecule has 1 aliphatic rings. The lowest BCUT2D eigenvalue weighted by Crippen LogP contribution is -2.51. The molecule has 1 atom stereocenters. The summed E-state index contributed by atoms with van der Waals surface area (Å²) in [6.45, 7) is 9.27. The summed E-state index contributed by atoms with van der Waals surface area (Å²) in [5, 5.41) is 20.9. The molecule has 0 bridgehead atoms. The predicted octanol–water partition coefficient (Wildman–Crippen LogP) is 4.30. The Balaban J connectivity index is 2.97. The maximum Gasteiger partial charge on any atom is 0.336 e. The molecule has 0 radical (unpaired) electrons. The van der Waals surface area contributed by atoms with Crippen LogP contribution in [0.25, 0.3) is 0 Å². The maximum absolute atomic E-state index is 12.0. The quantitative estimate of drug-likeness (QED) is 0.681. The van der Waals surface area contributed by atoms with Crippen LogP contribution in [0.5, 0.6) is 0 Å². The van der Waals surface area contributed by atoms with Crippen molar-refractivity contribution >= 4 is 17.9 Å². The summed E-state index contributed by atoms with van der Waals surface area (Å²) < 4.78 is 0. The molecule has 0 aliphatic carbocycles. The van der Waals surface area contributed by atoms with Gasteiger partial charge in [-0.1, -0.05) is 34.1 Å². The van der Waals surface area contributed by atoms with Gasteiger partial charge in [-0.3, -0.25) is 4.79 Å². The Kier molecular flexibility index (Phi) is 6.18. The van der Waals surface area contributed by atoms with Crippen LogP contribution >= 0.6 is 0 Å². The number of carboxylic acids is 2. The topological polar surface area (TPSA) is 104 Å². The van der Waals surface area contributed by atoms with Crippen molar-refractivity contribution in [3.8, 4) is 0 Å². The smallest absolute Gasteiger partial charge is 0.336 e. The molecule has 0 saturated carbocycles. The Labute approximate surface area is 165 Å². The standard InChI is InChI=1S/C21H29NO6/c1-6-10-21(9-4)17-12-15(19(26)27)14(18(24)25)11-16(17)20(7-2,8-3)22(21)28-13(5)23/h11-12H,6-10H2,1-5H3,(H,24,25)(H,26,27). The van der Waals surface area contributed by atoms with Gasteiger partial charge in [-0.05, 0) is 48.9 Å². The molecular weight excluding hydrogens is 362 g/mol. The van der Waals surface area contributed by atoms with Crippen LogP contribution < -0.4 is 0 Å². The first kappa shape index (κ1) is 21.9. The molecule has 2 N–H and O–H groups in total. The van der Waals surface area contributed by atoms with E-state index in [1.165, 1.54) is 19.1 Å². The Morgan fingerprint density at radius 3 is 1.64 bits per heavy atom. The first-order valence-electron chi connectivity index (χ1n) is 9.79. The molecule has 28 heavy (non-hydrogen) atoms. The molecule has 0 saturated heterocycles. The third-order valence-corrected chi connectivity index (χ3v) is 6.04. The molecule has 154 valence electrons. The Bertz CT molecular complexity index is 798. The molecule has 0 amide bonds. The van der Waals surface area contributed by atoms with Crippen molar-refractivity contribution in [3.05, 3.63) is 34.4 Å². The van der Waals surface area contributed by atoms with E-state index >= 15 is 0 Å². The summed E-state index contributed by atoms with van der Waals surface area (Å²) in [4.78, 5) is 41.3. The number of fused-ring (bicyclic) bond motifs is 1. The number of carbonyl (C=O) groups is 3. The van der Waals surface area contributed by atoms with E-state index in [4.69, 9.17) is 4.84 Å². The van der Waals surface area contributed by atoms with Crippen LogP contribution in [0.15, 0.2) is 12.1 Å². The second-order valence-electron chi connectivity index (χ2n) is 7.30. The average Bonchev–Trinajstić information content (AvgIpc) is 2.86. The van der Waals surface area contributed by atoms with Crippen LogP contribution in [0.4, 0.5) is 0 Å². The molecule has 1 aromatic carbocycles. The van der Waals surface area contributed by atoms with Gasteiger partial charge in [0.25, 0.3) is 0 Å². The highest BCUT2D eigenvalue weighted by molar-refractivity contribution is 6.02. The summed E-state index contributed by atoms with van der Waals surface area (Å²) in [6, 6.07) is 2.95. The SMILES string of the molecule is CCCC1(CC)c2cc(C(=O)O)c(C(=O)O)cc2C(CC)(CC)N1OC(C)=O. The highest BCUT2D eigenvalue weighted by atomic mass is 16.7. The molecule has 1 aromatic rings. The van der Waals surface area contributed by atoms with Crippen molar-refractivity contribution in [1.29, 1.82) is 0 Å². The Hall–Kier alpha value is -2.41. The second kappa shape index (κ2) is 7.91. The molecule has 1 heterocycles. The van der Waals surface area contributed by atoms with E-state index in [2.05, 4.69) is 0 Å². The molecule has 1 unspecified atom stereocenters. The van der Waals surface area contributed by atoms with E-state index < -0.39 is 29.0 Å². The minimum atomic E-state index is -1.29. The summed E-state index contributed by atoms with van der Waals surface area (Å²) in [6.07, 6.45) is 3.20. The van der Waals surface area contributed by atoms with Gasteiger partial charge in [0.1, 0.15) is 0 Å². The van der Waals surface area contributed by atoms with Crippen molar-refractivity contribution in [3.63, 3.8) is 0 Å². The number of hydrogen-bond acceptors (Lipinski definition) is 5. The fourth-order valence-electron chi connectivity index (χ4n) is 4.73. The van der Waals surface area contributed by atoms with Gasteiger partial charge in [0.15, 0.2) is 0 Å². The lowest BCUT2D eigenvalue weighted by atomic mass is 9.80. The molecule has 7 heteroatoms. The third-order valence-electron chi connectivity index (χ3n) is 6.04. The zero-order valence-corrected chi connectivity index (χ0v) is 17.2. The van der Waals surface area contributed by atoms with E-state index in [9.17, 15) is 24.6 Å². The van der Waals surface area contributed by atoms with Crippen molar-refractivity contribution in [2.24, 2.45) is 0 Å². The van der Waals surface area contributed by atoms with Gasteiger partial charge < -0.3 is 15.1 Å². The van der Waals surface area contributed by atoms with Crippen LogP contribution in [0.1, 0.15) is 98.6 Å². The molecule has 0 fully saturated rings. The predicted molar refractivity (Wildman–Crippen MR) is 103 cm³/mol. The lowest BCUT2D eigenvalue weighted by Gasteiger charge is -2.44. The lowest BCUT2D eigenvalue weighted by molar-refractivity contribution is -0.264. The summed E-state index contributed by atoms with van der Waals surface area (Å²) in [7, 11) is 0. The minimum absolute atomic E-state index is 0.244. The number of aromatic carboxylic acids is 2. The minimum Gasteiger partial charge on any atom is -0.478 e. The summed E-state index contributed by atoms with van der Waals surface area (Å²) >= 11 is 0. The number of hydrogen-bond donors (Lipinski definition) is 2. The molecule has 2 rings (SSSR count). The third kappa shape index (κ3) is 3.07. The van der Waals surface area contributed by atoms with Crippen LogP contribution in [0, 0.1) is 0 Å². The highest BCUT2D eigenvalue weighted by Gasteiger charge is 2.58. The van der Waals surface area contributed by atoms with Gasteiger partial charge in [0.2, 0.25) is 0 Å². The molecule has 7 nitrogen and oxygen atoms in total. The zero-order chi connectivity index (χ0) is 21.3. The number of carboxylic acid groups (broad SMARTS) is 2. The zero-order valence-electron chi connectivity index (χ0n) is 17.2. The Morgan fingerprint density at radius 1 is 0.893 bits per heavy atom. The number of nitrogens with zero attached hydrogens (tertiary/aromatic N) is 1. The first-order chi connectivity index (χ1) is 13.1. The largest absolute Gasteiger partial charge is 0.478 e. The van der Waals surface area contributed by atoms with Gasteiger partial charge in [-0.25, -0.2) is 9.59 Å². The van der Waals surface area contributed by atoms with Crippen molar-refractivity contribution in [1.82, 2.24) is 5.06 Å². The molecule has 0 spiro atoms. The fraction of sp³-hybridized carbons (Fsp3) is 0.571. The van der Waals surface area contributed by atoms with Crippen LogP contribution in [-0.4, -0.2) is 33.2 Å². The van der Waals surface area contributed by atoms with Crippen molar-refractivity contribution in [2.75, 3.05) is 0 Å². The number of carbonyl (C=O) groups excluding carboxylic acids is 1. The molecule has 0 aromatic heterocycles. The Morgan fingerprint density at radius 2 is 1.32 bits per heavy atom. The van der Waals surface area contributed by atoms with Crippen LogP contribution in [-0.2, 0) is 20.7 Å². The van der Waals surface area contributed by atoms with Gasteiger partial charge in [0, 0.05) is 6.92 Å². The monoisotopic (exact) mass is 391 g/mol. The van der Waals surface area contributed by atoms with E-state index in [0.717, 1.165) is 17.5 Å². The van der Waals surface area contributed by atoms with Gasteiger partial charge in [-0.15, -0.1) is 5.06 Å². The van der Waals surface area contributed by atoms with E-state index in [0.29, 0.717) is 25.7 Å². The average molecular weight is 391 g/mol. The summed E-state index contributed by atoms with van der Waals surface area (Å²) in [5.74, 6) is -3.03. The van der Waals surface area contributed by atoms with Gasteiger partial charge in [0.05, 0.1) is 22.2 Å². The normalized spacial score (nSPS) is 20.6. The second-order valence-corrected chi connectivity index (χ2v) is 7.30. The van der Waals surface area contributed by atoms with Gasteiger partial charge in [-0.2, -0.15) is 0 Å². The molecule has 1 aliphatic heterocycles. The van der Waals surface area contributed by atoms with Crippen LogP contribution in [0.3, 0.4) is 0 Å². The van der Waals surface area contributed by atoms with E-state index in [1.807, 2.05) is 27.7 Å². The highest BCUT2D eigenvalue weighted by Crippen LogP contribution is 2.57. The fourth-order valence-corrected chi connectivity index (χ4v) is 4.73. The van der Waals surface area contributed by atoms with Crippen molar-refractivity contribution in [2.45, 2.75) is 77.8 Å². The van der Waals surface area contributed by atoms with Crippen LogP contribution in [0.2, 0.25) is 0 Å². The van der Waals surface area contributed by atoms with E-state index in [1.54, 1.807) is 5.06 Å². The number of rotatable bonds is 8.